The first-order valence-corrected chi connectivity index (χ1v) is 5.60. The smallest absolute Gasteiger partial charge is 0.406 e. The van der Waals surface area contributed by atoms with Crippen LogP contribution in [0.3, 0.4) is 0 Å². The number of alkyl halides is 3. The molecule has 0 aliphatic heterocycles. The van der Waals surface area contributed by atoms with Gasteiger partial charge in [-0.05, 0) is 6.92 Å². The van der Waals surface area contributed by atoms with Crippen LogP contribution in [0, 0.1) is 0 Å². The van der Waals surface area contributed by atoms with Crippen LogP contribution in [0.5, 0.6) is 0 Å². The Labute approximate surface area is 111 Å². The standard InChI is InChI=1S/C11H10F3N3O3/c1-2-19-10(18)8-9(20-6-16-8)7-3-15-5-17(7)4-11(12,13)14/h3,5-6H,2,4H2,1H3. The highest BCUT2D eigenvalue weighted by Crippen LogP contribution is 2.26. The zero-order valence-corrected chi connectivity index (χ0v) is 10.3. The summed E-state index contributed by atoms with van der Waals surface area (Å²) >= 11 is 0. The summed E-state index contributed by atoms with van der Waals surface area (Å²) in [6.07, 6.45) is -1.29. The van der Waals surface area contributed by atoms with E-state index in [9.17, 15) is 18.0 Å². The predicted octanol–water partition coefficient (Wildman–Crippen LogP) is 2.28. The lowest BCUT2D eigenvalue weighted by molar-refractivity contribution is -0.140. The number of nitrogens with zero attached hydrogens (tertiary/aromatic N) is 3. The van der Waals surface area contributed by atoms with Gasteiger partial charge in [0.05, 0.1) is 19.1 Å². The molecule has 0 atom stereocenters. The number of hydrogen-bond acceptors (Lipinski definition) is 5. The second-order valence-electron chi connectivity index (χ2n) is 3.77. The third-order valence-corrected chi connectivity index (χ3v) is 2.33. The van der Waals surface area contributed by atoms with Crippen LogP contribution < -0.4 is 0 Å². The molecule has 2 aromatic rings. The lowest BCUT2D eigenvalue weighted by atomic mass is 10.2. The van der Waals surface area contributed by atoms with E-state index in [0.717, 1.165) is 23.5 Å². The normalized spacial score (nSPS) is 11.6. The number of carbonyl (C=O) groups excluding carboxylic acids is 1. The van der Waals surface area contributed by atoms with E-state index in [4.69, 9.17) is 9.15 Å². The molecule has 0 N–H and O–H groups in total. The van der Waals surface area contributed by atoms with Crippen molar-refractivity contribution < 1.29 is 27.1 Å². The minimum Gasteiger partial charge on any atom is -0.461 e. The summed E-state index contributed by atoms with van der Waals surface area (Å²) in [6.45, 7) is 0.476. The largest absolute Gasteiger partial charge is 0.461 e. The second kappa shape index (κ2) is 5.35. The van der Waals surface area contributed by atoms with Crippen molar-refractivity contribution in [2.45, 2.75) is 19.6 Å². The van der Waals surface area contributed by atoms with Gasteiger partial charge in [0.1, 0.15) is 12.2 Å². The van der Waals surface area contributed by atoms with Gasteiger partial charge in [0.2, 0.25) is 0 Å². The molecule has 0 saturated carbocycles. The fraction of sp³-hybridized carbons (Fsp3) is 0.364. The third-order valence-electron chi connectivity index (χ3n) is 2.33. The van der Waals surface area contributed by atoms with E-state index in [2.05, 4.69) is 9.97 Å². The quantitative estimate of drug-likeness (QED) is 0.807. The number of esters is 1. The third kappa shape index (κ3) is 2.98. The second-order valence-corrected chi connectivity index (χ2v) is 3.77. The predicted molar refractivity (Wildman–Crippen MR) is 59.7 cm³/mol. The number of hydrogen-bond donors (Lipinski definition) is 0. The molecule has 6 nitrogen and oxygen atoms in total. The van der Waals surface area contributed by atoms with Gasteiger partial charge < -0.3 is 13.7 Å². The molecule has 0 spiro atoms. The first kappa shape index (κ1) is 14.1. The number of aromatic nitrogens is 3. The average Bonchev–Trinajstić information content (AvgIpc) is 2.94. The van der Waals surface area contributed by atoms with Gasteiger partial charge in [-0.2, -0.15) is 13.2 Å². The minimum absolute atomic E-state index is 0.00266. The highest BCUT2D eigenvalue weighted by atomic mass is 19.4. The van der Waals surface area contributed by atoms with Crippen molar-refractivity contribution in [3.8, 4) is 11.5 Å². The van der Waals surface area contributed by atoms with E-state index >= 15 is 0 Å². The zero-order valence-electron chi connectivity index (χ0n) is 10.3. The lowest BCUT2D eigenvalue weighted by Crippen LogP contribution is -2.18. The Morgan fingerprint density at radius 3 is 2.90 bits per heavy atom. The minimum atomic E-state index is -4.42. The van der Waals surface area contributed by atoms with Crippen molar-refractivity contribution in [3.63, 3.8) is 0 Å². The van der Waals surface area contributed by atoms with E-state index in [-0.39, 0.29) is 23.8 Å². The van der Waals surface area contributed by atoms with Crippen LogP contribution in [0.25, 0.3) is 11.5 Å². The maximum Gasteiger partial charge on any atom is 0.406 e. The number of carbonyl (C=O) groups is 1. The topological polar surface area (TPSA) is 70.2 Å². The van der Waals surface area contributed by atoms with Gasteiger partial charge in [-0.25, -0.2) is 14.8 Å². The fourth-order valence-corrected chi connectivity index (χ4v) is 1.60. The molecular formula is C11H10F3N3O3. The summed E-state index contributed by atoms with van der Waals surface area (Å²) in [4.78, 5) is 18.9. The van der Waals surface area contributed by atoms with Gasteiger partial charge >= 0.3 is 12.1 Å². The molecular weight excluding hydrogens is 279 g/mol. The molecule has 0 amide bonds. The summed E-state index contributed by atoms with van der Waals surface area (Å²) < 4.78 is 47.9. The van der Waals surface area contributed by atoms with Gasteiger partial charge in [-0.15, -0.1) is 0 Å². The molecule has 0 aliphatic carbocycles. The van der Waals surface area contributed by atoms with Crippen LogP contribution >= 0.6 is 0 Å². The molecule has 20 heavy (non-hydrogen) atoms. The van der Waals surface area contributed by atoms with E-state index in [1.807, 2.05) is 0 Å². The van der Waals surface area contributed by atoms with Crippen LogP contribution in [0.1, 0.15) is 17.4 Å². The van der Waals surface area contributed by atoms with Crippen molar-refractivity contribution in [3.05, 3.63) is 24.6 Å². The first-order valence-electron chi connectivity index (χ1n) is 5.60. The van der Waals surface area contributed by atoms with Gasteiger partial charge in [-0.3, -0.25) is 0 Å². The summed E-state index contributed by atoms with van der Waals surface area (Å²) in [6, 6.07) is 0. The molecule has 108 valence electrons. The Hall–Kier alpha value is -2.32. The van der Waals surface area contributed by atoms with Gasteiger partial charge in [0.25, 0.3) is 0 Å². The van der Waals surface area contributed by atoms with Crippen LogP contribution in [0.2, 0.25) is 0 Å². The number of ether oxygens (including phenoxy) is 1. The zero-order chi connectivity index (χ0) is 14.8. The molecule has 2 rings (SSSR count). The molecule has 9 heteroatoms. The Morgan fingerprint density at radius 2 is 2.25 bits per heavy atom. The monoisotopic (exact) mass is 289 g/mol. The lowest BCUT2D eigenvalue weighted by Gasteiger charge is -2.09. The molecule has 0 unspecified atom stereocenters. The van der Waals surface area contributed by atoms with Crippen LogP contribution in [-0.2, 0) is 11.3 Å². The number of rotatable bonds is 4. The van der Waals surface area contributed by atoms with Crippen molar-refractivity contribution in [1.82, 2.24) is 14.5 Å². The molecule has 0 bridgehead atoms. The van der Waals surface area contributed by atoms with E-state index in [1.165, 1.54) is 0 Å². The van der Waals surface area contributed by atoms with Crippen molar-refractivity contribution >= 4 is 5.97 Å². The van der Waals surface area contributed by atoms with Gasteiger partial charge in [0.15, 0.2) is 17.8 Å². The molecule has 2 heterocycles. The maximum atomic E-state index is 12.4. The highest BCUT2D eigenvalue weighted by molar-refractivity contribution is 5.93. The molecule has 0 aliphatic rings. The van der Waals surface area contributed by atoms with Crippen molar-refractivity contribution in [1.29, 1.82) is 0 Å². The first-order chi connectivity index (χ1) is 9.42. The van der Waals surface area contributed by atoms with Crippen molar-refractivity contribution in [2.24, 2.45) is 0 Å². The van der Waals surface area contributed by atoms with Gasteiger partial charge in [0, 0.05) is 0 Å². The van der Waals surface area contributed by atoms with E-state index in [1.54, 1.807) is 6.92 Å². The van der Waals surface area contributed by atoms with Crippen LogP contribution in [0.4, 0.5) is 13.2 Å². The molecule has 0 aromatic carbocycles. The Morgan fingerprint density at radius 1 is 1.50 bits per heavy atom. The number of oxazole rings is 1. The van der Waals surface area contributed by atoms with Crippen molar-refractivity contribution in [2.75, 3.05) is 6.61 Å². The Balaban J connectivity index is 2.36. The summed E-state index contributed by atoms with van der Waals surface area (Å²) in [5, 5.41) is 0. The van der Waals surface area contributed by atoms with Crippen LogP contribution in [-0.4, -0.2) is 33.3 Å². The Bertz CT molecular complexity index is 603. The van der Waals surface area contributed by atoms with E-state index in [0.29, 0.717) is 0 Å². The molecule has 2 aromatic heterocycles. The molecule has 0 fully saturated rings. The molecule has 0 saturated heterocycles. The van der Waals surface area contributed by atoms with E-state index < -0.39 is 18.7 Å². The summed E-state index contributed by atoms with van der Waals surface area (Å²) in [5.41, 5.74) is -0.182. The molecule has 0 radical (unpaired) electrons. The number of imidazole rings is 1. The fourth-order valence-electron chi connectivity index (χ4n) is 1.60. The van der Waals surface area contributed by atoms with Crippen LogP contribution in [0.15, 0.2) is 23.3 Å². The average molecular weight is 289 g/mol. The summed E-state index contributed by atoms with van der Waals surface area (Å²) in [7, 11) is 0. The SMILES string of the molecule is CCOC(=O)c1ncoc1-c1cncn1CC(F)(F)F. The Kier molecular flexibility index (Phi) is 3.77. The van der Waals surface area contributed by atoms with Gasteiger partial charge in [-0.1, -0.05) is 0 Å². The highest BCUT2D eigenvalue weighted by Gasteiger charge is 2.30. The maximum absolute atomic E-state index is 12.4. The number of halogens is 3. The summed E-state index contributed by atoms with van der Waals surface area (Å²) in [5.74, 6) is -0.874.